The molecular formula is C13H18ClN3OS. The van der Waals surface area contributed by atoms with Crippen LogP contribution in [-0.2, 0) is 0 Å². The van der Waals surface area contributed by atoms with Gasteiger partial charge in [0.15, 0.2) is 5.11 Å². The van der Waals surface area contributed by atoms with Crippen LogP contribution in [0.2, 0.25) is 5.02 Å². The SMILES string of the molecule is OCCN1CCN(C(=S)Nc2cccc(Cl)c2)CC1. The summed E-state index contributed by atoms with van der Waals surface area (Å²) in [5, 5.41) is 13.5. The van der Waals surface area contributed by atoms with Gasteiger partial charge in [0, 0.05) is 43.4 Å². The molecule has 6 heteroatoms. The lowest BCUT2D eigenvalue weighted by atomic mass is 10.3. The topological polar surface area (TPSA) is 38.7 Å². The molecular weight excluding hydrogens is 282 g/mol. The molecule has 0 spiro atoms. The van der Waals surface area contributed by atoms with Crippen molar-refractivity contribution in [3.8, 4) is 0 Å². The van der Waals surface area contributed by atoms with Crippen molar-refractivity contribution in [1.29, 1.82) is 0 Å². The van der Waals surface area contributed by atoms with E-state index in [1.54, 1.807) is 0 Å². The molecule has 0 bridgehead atoms. The van der Waals surface area contributed by atoms with Gasteiger partial charge in [0.2, 0.25) is 0 Å². The molecule has 4 nitrogen and oxygen atoms in total. The molecule has 1 aromatic carbocycles. The van der Waals surface area contributed by atoms with Gasteiger partial charge in [-0.1, -0.05) is 17.7 Å². The first-order valence-corrected chi connectivity index (χ1v) is 7.12. The molecule has 1 aromatic rings. The van der Waals surface area contributed by atoms with Crippen molar-refractivity contribution in [1.82, 2.24) is 9.80 Å². The van der Waals surface area contributed by atoms with Crippen LogP contribution in [0.5, 0.6) is 0 Å². The van der Waals surface area contributed by atoms with E-state index in [1.807, 2.05) is 24.3 Å². The van der Waals surface area contributed by atoms with Crippen molar-refractivity contribution in [2.45, 2.75) is 0 Å². The minimum absolute atomic E-state index is 0.214. The molecule has 1 aliphatic heterocycles. The van der Waals surface area contributed by atoms with E-state index >= 15 is 0 Å². The van der Waals surface area contributed by atoms with E-state index in [0.29, 0.717) is 5.02 Å². The lowest BCUT2D eigenvalue weighted by Crippen LogP contribution is -2.50. The van der Waals surface area contributed by atoms with Crippen LogP contribution in [0.4, 0.5) is 5.69 Å². The lowest BCUT2D eigenvalue weighted by molar-refractivity contribution is 0.148. The number of rotatable bonds is 3. The van der Waals surface area contributed by atoms with Gasteiger partial charge in [-0.2, -0.15) is 0 Å². The second kappa shape index (κ2) is 7.05. The molecule has 0 aromatic heterocycles. The number of nitrogens with one attached hydrogen (secondary N) is 1. The van der Waals surface area contributed by atoms with Crippen LogP contribution in [0.3, 0.4) is 0 Å². The van der Waals surface area contributed by atoms with Crippen LogP contribution < -0.4 is 5.32 Å². The first-order chi connectivity index (χ1) is 9.19. The largest absolute Gasteiger partial charge is 0.395 e. The monoisotopic (exact) mass is 299 g/mol. The number of piperazine rings is 1. The fourth-order valence-electron chi connectivity index (χ4n) is 2.08. The minimum atomic E-state index is 0.214. The van der Waals surface area contributed by atoms with Crippen molar-refractivity contribution < 1.29 is 5.11 Å². The summed E-state index contributed by atoms with van der Waals surface area (Å²) in [6, 6.07) is 7.53. The maximum Gasteiger partial charge on any atom is 0.173 e. The Kier molecular flexibility index (Phi) is 5.39. The quantitative estimate of drug-likeness (QED) is 0.831. The highest BCUT2D eigenvalue weighted by Crippen LogP contribution is 2.15. The van der Waals surface area contributed by atoms with E-state index in [-0.39, 0.29) is 6.61 Å². The van der Waals surface area contributed by atoms with E-state index in [1.165, 1.54) is 0 Å². The molecule has 104 valence electrons. The normalized spacial score (nSPS) is 16.4. The summed E-state index contributed by atoms with van der Waals surface area (Å²) >= 11 is 11.3. The number of hydrogen-bond acceptors (Lipinski definition) is 3. The molecule has 0 saturated carbocycles. The van der Waals surface area contributed by atoms with Crippen LogP contribution in [0, 0.1) is 0 Å². The zero-order valence-electron chi connectivity index (χ0n) is 10.7. The molecule has 2 N–H and O–H groups in total. The second-order valence-corrected chi connectivity index (χ2v) is 5.32. The Morgan fingerprint density at radius 2 is 2.05 bits per heavy atom. The van der Waals surface area contributed by atoms with E-state index in [0.717, 1.165) is 43.5 Å². The first kappa shape index (κ1) is 14.5. The summed E-state index contributed by atoms with van der Waals surface area (Å²) in [4.78, 5) is 4.38. The van der Waals surface area contributed by atoms with Gasteiger partial charge in [0.25, 0.3) is 0 Å². The number of anilines is 1. The van der Waals surface area contributed by atoms with Gasteiger partial charge in [-0.3, -0.25) is 4.90 Å². The average Bonchev–Trinajstić information content (AvgIpc) is 2.40. The van der Waals surface area contributed by atoms with Gasteiger partial charge in [0.05, 0.1) is 6.61 Å². The zero-order valence-corrected chi connectivity index (χ0v) is 12.3. The zero-order chi connectivity index (χ0) is 13.7. The number of thiocarbonyl (C=S) groups is 1. The van der Waals surface area contributed by atoms with E-state index in [2.05, 4.69) is 15.1 Å². The number of benzene rings is 1. The van der Waals surface area contributed by atoms with E-state index < -0.39 is 0 Å². The number of halogens is 1. The lowest BCUT2D eigenvalue weighted by Gasteiger charge is -2.35. The summed E-state index contributed by atoms with van der Waals surface area (Å²) in [7, 11) is 0. The minimum Gasteiger partial charge on any atom is -0.395 e. The highest BCUT2D eigenvalue weighted by atomic mass is 35.5. The van der Waals surface area contributed by atoms with Gasteiger partial charge in [-0.25, -0.2) is 0 Å². The van der Waals surface area contributed by atoms with Gasteiger partial charge < -0.3 is 15.3 Å². The van der Waals surface area contributed by atoms with Crippen LogP contribution in [0.1, 0.15) is 0 Å². The molecule has 0 radical (unpaired) electrons. The molecule has 0 unspecified atom stereocenters. The predicted octanol–water partition coefficient (Wildman–Crippen LogP) is 1.65. The summed E-state index contributed by atoms with van der Waals surface area (Å²) < 4.78 is 0. The molecule has 0 aliphatic carbocycles. The van der Waals surface area contributed by atoms with Crippen LogP contribution in [-0.4, -0.2) is 59.3 Å². The molecule has 1 fully saturated rings. The molecule has 1 saturated heterocycles. The van der Waals surface area contributed by atoms with Crippen molar-refractivity contribution in [3.63, 3.8) is 0 Å². The molecule has 0 atom stereocenters. The molecule has 1 aliphatic rings. The summed E-state index contributed by atoms with van der Waals surface area (Å²) in [6.45, 7) is 4.57. The highest BCUT2D eigenvalue weighted by Gasteiger charge is 2.18. The third kappa shape index (κ3) is 4.31. The fourth-order valence-corrected chi connectivity index (χ4v) is 2.58. The number of hydrogen-bond donors (Lipinski definition) is 2. The Labute approximate surface area is 124 Å². The highest BCUT2D eigenvalue weighted by molar-refractivity contribution is 7.80. The smallest absolute Gasteiger partial charge is 0.173 e. The fraction of sp³-hybridized carbons (Fsp3) is 0.462. The Bertz CT molecular complexity index is 436. The summed E-state index contributed by atoms with van der Waals surface area (Å²) in [5.41, 5.74) is 0.912. The maximum absolute atomic E-state index is 8.91. The second-order valence-electron chi connectivity index (χ2n) is 4.49. The predicted molar refractivity (Wildman–Crippen MR) is 82.8 cm³/mol. The standard InChI is InChI=1S/C13H18ClN3OS/c14-11-2-1-3-12(10-11)15-13(19)17-6-4-16(5-7-17)8-9-18/h1-3,10,18H,4-9H2,(H,15,19). The summed E-state index contributed by atoms with van der Waals surface area (Å²) in [5.74, 6) is 0. The summed E-state index contributed by atoms with van der Waals surface area (Å²) in [6.07, 6.45) is 0. The van der Waals surface area contributed by atoms with Gasteiger partial charge in [0.1, 0.15) is 0 Å². The number of aliphatic hydroxyl groups is 1. The third-order valence-corrected chi connectivity index (χ3v) is 3.75. The first-order valence-electron chi connectivity index (χ1n) is 6.34. The Morgan fingerprint density at radius 1 is 1.32 bits per heavy atom. The molecule has 2 rings (SSSR count). The van der Waals surface area contributed by atoms with Crippen LogP contribution in [0.15, 0.2) is 24.3 Å². The van der Waals surface area contributed by atoms with Gasteiger partial charge in [-0.05, 0) is 30.4 Å². The number of β-amino-alcohol motifs (C(OH)–C–C–N with tert-alkyl or cyclic N) is 1. The van der Waals surface area contributed by atoms with Gasteiger partial charge >= 0.3 is 0 Å². The molecule has 0 amide bonds. The van der Waals surface area contributed by atoms with E-state index in [4.69, 9.17) is 28.9 Å². The van der Waals surface area contributed by atoms with Crippen molar-refractivity contribution in [2.24, 2.45) is 0 Å². The Balaban J connectivity index is 1.84. The number of nitrogens with zero attached hydrogens (tertiary/aromatic N) is 2. The van der Waals surface area contributed by atoms with Crippen LogP contribution >= 0.6 is 23.8 Å². The Morgan fingerprint density at radius 3 is 2.68 bits per heavy atom. The van der Waals surface area contributed by atoms with Gasteiger partial charge in [-0.15, -0.1) is 0 Å². The van der Waals surface area contributed by atoms with E-state index in [9.17, 15) is 0 Å². The number of aliphatic hydroxyl groups excluding tert-OH is 1. The molecule has 1 heterocycles. The van der Waals surface area contributed by atoms with Crippen molar-refractivity contribution in [3.05, 3.63) is 29.3 Å². The van der Waals surface area contributed by atoms with Crippen molar-refractivity contribution >= 4 is 34.6 Å². The Hall–Kier alpha value is -0.880. The van der Waals surface area contributed by atoms with Crippen LogP contribution in [0.25, 0.3) is 0 Å². The molecule has 19 heavy (non-hydrogen) atoms. The average molecular weight is 300 g/mol. The van der Waals surface area contributed by atoms with Crippen molar-refractivity contribution in [2.75, 3.05) is 44.6 Å². The third-order valence-electron chi connectivity index (χ3n) is 3.15. The maximum atomic E-state index is 8.91.